The molecule has 1 unspecified atom stereocenters. The highest BCUT2D eigenvalue weighted by atomic mass is 31.1. The van der Waals surface area contributed by atoms with Crippen LogP contribution in [0, 0.1) is 0 Å². The second-order valence-electron chi connectivity index (χ2n) is 2.70. The van der Waals surface area contributed by atoms with Gasteiger partial charge in [0.05, 0.1) is 6.61 Å². The Morgan fingerprint density at radius 1 is 1.58 bits per heavy atom. The fourth-order valence-electron chi connectivity index (χ4n) is 1.20. The highest BCUT2D eigenvalue weighted by Crippen LogP contribution is 2.31. The molecule has 1 atom stereocenters. The molecule has 12 heavy (non-hydrogen) atoms. The van der Waals surface area contributed by atoms with E-state index in [2.05, 4.69) is 0 Å². The molecule has 0 aromatic heterocycles. The largest absolute Gasteiger partial charge is 0.316 e. The summed E-state index contributed by atoms with van der Waals surface area (Å²) in [6, 6.07) is 0. The van der Waals surface area contributed by atoms with Crippen LogP contribution < -0.4 is 0 Å². The van der Waals surface area contributed by atoms with Crippen LogP contribution >= 0.6 is 8.18 Å². The molecule has 0 spiro atoms. The lowest BCUT2D eigenvalue weighted by atomic mass is 10.2. The van der Waals surface area contributed by atoms with Crippen molar-refractivity contribution in [2.45, 2.75) is 26.2 Å². The number of piperidine rings is 1. The smallest absolute Gasteiger partial charge is 0.287 e. The number of amides is 1. The highest BCUT2D eigenvalue weighted by molar-refractivity contribution is 7.37. The van der Waals surface area contributed by atoms with Gasteiger partial charge in [-0.1, -0.05) is 0 Å². The zero-order valence-electron chi connectivity index (χ0n) is 7.21. The summed E-state index contributed by atoms with van der Waals surface area (Å²) in [6.07, 6.45) is 2.37. The molecular formula is C7H14NO3P. The summed E-state index contributed by atoms with van der Waals surface area (Å²) < 4.78 is 17.6. The fourth-order valence-corrected chi connectivity index (χ4v) is 2.26. The SMILES string of the molecule is CCO[PH](=O)N1CCCCC1=O. The molecule has 0 aromatic rings. The van der Waals surface area contributed by atoms with E-state index in [9.17, 15) is 9.36 Å². The monoisotopic (exact) mass is 191 g/mol. The maximum Gasteiger partial charge on any atom is 0.287 e. The maximum atomic E-state index is 11.3. The van der Waals surface area contributed by atoms with E-state index < -0.39 is 8.18 Å². The summed E-state index contributed by atoms with van der Waals surface area (Å²) >= 11 is 0. The quantitative estimate of drug-likeness (QED) is 0.634. The maximum absolute atomic E-state index is 11.3. The van der Waals surface area contributed by atoms with Gasteiger partial charge in [-0.15, -0.1) is 0 Å². The van der Waals surface area contributed by atoms with Gasteiger partial charge in [-0.2, -0.15) is 0 Å². The zero-order valence-corrected chi connectivity index (χ0v) is 8.21. The Hall–Kier alpha value is -0.340. The average Bonchev–Trinajstić information content (AvgIpc) is 2.05. The minimum absolute atomic E-state index is 0.0291. The van der Waals surface area contributed by atoms with Crippen molar-refractivity contribution < 1.29 is 13.9 Å². The predicted molar refractivity (Wildman–Crippen MR) is 46.2 cm³/mol. The molecule has 0 N–H and O–H groups in total. The summed E-state index contributed by atoms with van der Waals surface area (Å²) in [7, 11) is -2.26. The molecule has 1 saturated heterocycles. The molecule has 4 nitrogen and oxygen atoms in total. The van der Waals surface area contributed by atoms with Gasteiger partial charge in [0.15, 0.2) is 0 Å². The van der Waals surface area contributed by atoms with E-state index >= 15 is 0 Å². The fraction of sp³-hybridized carbons (Fsp3) is 0.857. The Kier molecular flexibility index (Phi) is 3.76. The molecule has 1 fully saturated rings. The van der Waals surface area contributed by atoms with Gasteiger partial charge in [0.2, 0.25) is 5.91 Å². The van der Waals surface area contributed by atoms with E-state index in [0.29, 0.717) is 19.6 Å². The van der Waals surface area contributed by atoms with E-state index in [-0.39, 0.29) is 5.91 Å². The molecule has 70 valence electrons. The van der Waals surface area contributed by atoms with Gasteiger partial charge >= 0.3 is 0 Å². The van der Waals surface area contributed by atoms with Gasteiger partial charge in [0.25, 0.3) is 8.18 Å². The first-order valence-electron chi connectivity index (χ1n) is 4.23. The summed E-state index contributed by atoms with van der Waals surface area (Å²) in [5.74, 6) is -0.0291. The van der Waals surface area contributed by atoms with Crippen molar-refractivity contribution in [3.05, 3.63) is 0 Å². The van der Waals surface area contributed by atoms with Gasteiger partial charge < -0.3 is 4.52 Å². The highest BCUT2D eigenvalue weighted by Gasteiger charge is 2.22. The van der Waals surface area contributed by atoms with Gasteiger partial charge in [-0.25, -0.2) is 0 Å². The van der Waals surface area contributed by atoms with Crippen molar-refractivity contribution >= 4 is 14.1 Å². The molecule has 0 aliphatic carbocycles. The molecule has 0 bridgehead atoms. The first-order valence-corrected chi connectivity index (χ1v) is 5.49. The Bertz CT molecular complexity index is 195. The number of nitrogens with zero attached hydrogens (tertiary/aromatic N) is 1. The van der Waals surface area contributed by atoms with Crippen molar-refractivity contribution in [1.82, 2.24) is 4.67 Å². The molecule has 5 heteroatoms. The second kappa shape index (κ2) is 4.63. The number of carbonyl (C=O) groups excluding carboxylic acids is 1. The number of rotatable bonds is 3. The topological polar surface area (TPSA) is 46.6 Å². The van der Waals surface area contributed by atoms with E-state index in [1.54, 1.807) is 6.92 Å². The average molecular weight is 191 g/mol. The van der Waals surface area contributed by atoms with Gasteiger partial charge in [0, 0.05) is 13.0 Å². The number of carbonyl (C=O) groups is 1. The van der Waals surface area contributed by atoms with E-state index in [4.69, 9.17) is 4.52 Å². The molecule has 1 amide bonds. The van der Waals surface area contributed by atoms with Gasteiger partial charge in [0.1, 0.15) is 0 Å². The van der Waals surface area contributed by atoms with Crippen LogP contribution in [0.3, 0.4) is 0 Å². The van der Waals surface area contributed by atoms with Crippen LogP contribution in [0.25, 0.3) is 0 Å². The predicted octanol–water partition coefficient (Wildman–Crippen LogP) is 1.43. The molecule has 0 aromatic carbocycles. The third kappa shape index (κ3) is 2.32. The normalized spacial score (nSPS) is 21.1. The number of hydrogen-bond acceptors (Lipinski definition) is 3. The summed E-state index contributed by atoms with van der Waals surface area (Å²) in [5.41, 5.74) is 0. The van der Waals surface area contributed by atoms with Crippen LogP contribution in [0.4, 0.5) is 0 Å². The summed E-state index contributed by atoms with van der Waals surface area (Å²) in [6.45, 7) is 2.77. The minimum atomic E-state index is -2.26. The number of hydrogen-bond donors (Lipinski definition) is 0. The second-order valence-corrected chi connectivity index (χ2v) is 4.06. The van der Waals surface area contributed by atoms with Crippen LogP contribution in [0.2, 0.25) is 0 Å². The minimum Gasteiger partial charge on any atom is -0.316 e. The molecular weight excluding hydrogens is 177 g/mol. The van der Waals surface area contributed by atoms with Crippen molar-refractivity contribution in [2.24, 2.45) is 0 Å². The first-order chi connectivity index (χ1) is 5.75. The molecule has 1 aliphatic rings. The van der Waals surface area contributed by atoms with Crippen LogP contribution in [0.1, 0.15) is 26.2 Å². The molecule has 1 rings (SSSR count). The van der Waals surface area contributed by atoms with Gasteiger partial charge in [-0.3, -0.25) is 14.0 Å². The van der Waals surface area contributed by atoms with Crippen LogP contribution in [-0.2, 0) is 13.9 Å². The van der Waals surface area contributed by atoms with Crippen LogP contribution in [0.15, 0.2) is 0 Å². The van der Waals surface area contributed by atoms with Gasteiger partial charge in [-0.05, 0) is 19.8 Å². The van der Waals surface area contributed by atoms with Crippen molar-refractivity contribution in [1.29, 1.82) is 0 Å². The van der Waals surface area contributed by atoms with E-state index in [1.165, 1.54) is 4.67 Å². The lowest BCUT2D eigenvalue weighted by molar-refractivity contribution is -0.128. The molecule has 1 aliphatic heterocycles. The van der Waals surface area contributed by atoms with Crippen LogP contribution in [-0.4, -0.2) is 23.7 Å². The van der Waals surface area contributed by atoms with Crippen molar-refractivity contribution in [3.8, 4) is 0 Å². The third-order valence-electron chi connectivity index (χ3n) is 1.81. The standard InChI is InChI=1S/C7H14NO3P/c1-2-11-12(10)8-6-4-3-5-7(8)9/h12H,2-6H2,1H3. The van der Waals surface area contributed by atoms with E-state index in [1.807, 2.05) is 0 Å². The van der Waals surface area contributed by atoms with Crippen molar-refractivity contribution in [3.63, 3.8) is 0 Å². The molecule has 0 radical (unpaired) electrons. The first kappa shape index (κ1) is 9.75. The van der Waals surface area contributed by atoms with E-state index in [0.717, 1.165) is 12.8 Å². The Balaban J connectivity index is 2.48. The van der Waals surface area contributed by atoms with Crippen molar-refractivity contribution in [2.75, 3.05) is 13.2 Å². The van der Waals surface area contributed by atoms with Crippen LogP contribution in [0.5, 0.6) is 0 Å². The Morgan fingerprint density at radius 2 is 2.33 bits per heavy atom. The third-order valence-corrected chi connectivity index (χ3v) is 3.26. The Morgan fingerprint density at radius 3 is 2.92 bits per heavy atom. The Labute approximate surface area is 72.8 Å². The zero-order chi connectivity index (χ0) is 8.97. The lowest BCUT2D eigenvalue weighted by Crippen LogP contribution is -2.29. The molecule has 0 saturated carbocycles. The molecule has 1 heterocycles. The summed E-state index contributed by atoms with van der Waals surface area (Å²) in [4.78, 5) is 11.2. The lowest BCUT2D eigenvalue weighted by Gasteiger charge is -2.25. The summed E-state index contributed by atoms with van der Waals surface area (Å²) in [5, 5.41) is 0.